The van der Waals surface area contributed by atoms with E-state index in [4.69, 9.17) is 5.26 Å². The fraction of sp³-hybridized carbons (Fsp3) is 0.308. The molecule has 94 valence electrons. The zero-order valence-corrected chi connectivity index (χ0v) is 10.1. The first-order chi connectivity index (χ1) is 8.67. The first-order valence-electron chi connectivity index (χ1n) is 5.45. The lowest BCUT2D eigenvalue weighted by Gasteiger charge is -2.15. The second-order valence-corrected chi connectivity index (χ2v) is 3.67. The van der Waals surface area contributed by atoms with Gasteiger partial charge in [0.25, 0.3) is 0 Å². The molecule has 0 aliphatic rings. The number of nitrogens with zero attached hydrogens (tertiary/aromatic N) is 1. The van der Waals surface area contributed by atoms with Gasteiger partial charge in [0.1, 0.15) is 12.5 Å². The molecule has 5 heteroatoms. The zero-order valence-electron chi connectivity index (χ0n) is 10.1. The highest BCUT2D eigenvalue weighted by Gasteiger charge is 2.21. The predicted molar refractivity (Wildman–Crippen MR) is 64.3 cm³/mol. The normalized spacial score (nSPS) is 11.1. The molecule has 0 saturated heterocycles. The molecule has 1 aromatic carbocycles. The summed E-state index contributed by atoms with van der Waals surface area (Å²) in [7, 11) is 1.26. The molecule has 0 fully saturated rings. The fourth-order valence-corrected chi connectivity index (χ4v) is 1.50. The standard InChI is InChI=1S/C13H14N2O3/c1-18-13(17)11(15-12(16)7-8-14)9-10-5-3-2-4-6-10/h2-6,11H,7,9H2,1H3,(H,15,16)/t11-/m0/s1. The molecule has 0 radical (unpaired) electrons. The second kappa shape index (κ2) is 7.07. The van der Waals surface area contributed by atoms with E-state index in [1.807, 2.05) is 30.3 Å². The van der Waals surface area contributed by atoms with Crippen LogP contribution in [0.1, 0.15) is 12.0 Å². The molecule has 0 aromatic heterocycles. The second-order valence-electron chi connectivity index (χ2n) is 3.67. The summed E-state index contributed by atoms with van der Waals surface area (Å²) in [5, 5.41) is 10.9. The van der Waals surface area contributed by atoms with E-state index in [2.05, 4.69) is 10.1 Å². The highest BCUT2D eigenvalue weighted by Crippen LogP contribution is 2.04. The van der Waals surface area contributed by atoms with Crippen LogP contribution < -0.4 is 5.32 Å². The minimum absolute atomic E-state index is 0.276. The van der Waals surface area contributed by atoms with Crippen molar-refractivity contribution in [2.75, 3.05) is 7.11 Å². The number of nitrogens with one attached hydrogen (secondary N) is 1. The molecule has 0 bridgehead atoms. The van der Waals surface area contributed by atoms with Gasteiger partial charge in [-0.1, -0.05) is 30.3 Å². The van der Waals surface area contributed by atoms with E-state index in [0.717, 1.165) is 5.56 Å². The summed E-state index contributed by atoms with van der Waals surface area (Å²) >= 11 is 0. The lowest BCUT2D eigenvalue weighted by molar-refractivity contribution is -0.144. The smallest absolute Gasteiger partial charge is 0.328 e. The Balaban J connectivity index is 2.71. The van der Waals surface area contributed by atoms with E-state index in [0.29, 0.717) is 6.42 Å². The van der Waals surface area contributed by atoms with Crippen LogP contribution in [-0.2, 0) is 20.7 Å². The molecule has 0 aliphatic heterocycles. The zero-order chi connectivity index (χ0) is 13.4. The van der Waals surface area contributed by atoms with Crippen molar-refractivity contribution in [3.63, 3.8) is 0 Å². The monoisotopic (exact) mass is 246 g/mol. The van der Waals surface area contributed by atoms with E-state index < -0.39 is 17.9 Å². The van der Waals surface area contributed by atoms with Crippen LogP contribution in [0.2, 0.25) is 0 Å². The maximum Gasteiger partial charge on any atom is 0.328 e. The predicted octanol–water partition coefficient (Wildman–Crippen LogP) is 0.801. The van der Waals surface area contributed by atoms with Crippen molar-refractivity contribution in [1.29, 1.82) is 5.26 Å². The molecule has 1 N–H and O–H groups in total. The number of esters is 1. The number of carbonyl (C=O) groups is 2. The number of methoxy groups -OCH3 is 1. The molecule has 0 saturated carbocycles. The molecule has 1 atom stereocenters. The molecule has 0 aliphatic carbocycles. The third-order valence-electron chi connectivity index (χ3n) is 2.34. The summed E-state index contributed by atoms with van der Waals surface area (Å²) < 4.78 is 4.63. The van der Waals surface area contributed by atoms with Gasteiger partial charge in [-0.05, 0) is 5.56 Å². The SMILES string of the molecule is COC(=O)[C@H](Cc1ccccc1)NC(=O)CC#N. The molecule has 0 spiro atoms. The van der Waals surface area contributed by atoms with Gasteiger partial charge < -0.3 is 10.1 Å². The number of rotatable bonds is 5. The van der Waals surface area contributed by atoms with E-state index in [1.165, 1.54) is 7.11 Å². The van der Waals surface area contributed by atoms with Gasteiger partial charge in [0.05, 0.1) is 13.2 Å². The van der Waals surface area contributed by atoms with Crippen LogP contribution in [0.3, 0.4) is 0 Å². The summed E-state index contributed by atoms with van der Waals surface area (Å²) in [6.45, 7) is 0. The van der Waals surface area contributed by atoms with Gasteiger partial charge in [-0.25, -0.2) is 4.79 Å². The first kappa shape index (κ1) is 13.7. The van der Waals surface area contributed by atoms with Crippen molar-refractivity contribution < 1.29 is 14.3 Å². The largest absolute Gasteiger partial charge is 0.467 e. The average molecular weight is 246 g/mol. The van der Waals surface area contributed by atoms with Gasteiger partial charge in [0, 0.05) is 6.42 Å². The highest BCUT2D eigenvalue weighted by atomic mass is 16.5. The number of amides is 1. The van der Waals surface area contributed by atoms with Crippen LogP contribution in [0.25, 0.3) is 0 Å². The minimum Gasteiger partial charge on any atom is -0.467 e. The van der Waals surface area contributed by atoms with E-state index >= 15 is 0 Å². The van der Waals surface area contributed by atoms with Crippen molar-refractivity contribution in [3.8, 4) is 6.07 Å². The van der Waals surface area contributed by atoms with Crippen LogP contribution >= 0.6 is 0 Å². The van der Waals surface area contributed by atoms with Gasteiger partial charge in [0.15, 0.2) is 0 Å². The van der Waals surface area contributed by atoms with Crippen molar-refractivity contribution in [3.05, 3.63) is 35.9 Å². The van der Waals surface area contributed by atoms with E-state index in [9.17, 15) is 9.59 Å². The maximum atomic E-state index is 11.5. The summed E-state index contributed by atoms with van der Waals surface area (Å²) in [6, 6.07) is 10.2. The Morgan fingerprint density at radius 1 is 1.39 bits per heavy atom. The van der Waals surface area contributed by atoms with Gasteiger partial charge in [-0.15, -0.1) is 0 Å². The maximum absolute atomic E-state index is 11.5. The van der Waals surface area contributed by atoms with Crippen molar-refractivity contribution in [1.82, 2.24) is 5.32 Å². The highest BCUT2D eigenvalue weighted by molar-refractivity contribution is 5.85. The van der Waals surface area contributed by atoms with Gasteiger partial charge in [-0.3, -0.25) is 4.79 Å². The van der Waals surface area contributed by atoms with Crippen LogP contribution in [0.4, 0.5) is 0 Å². The number of benzene rings is 1. The number of ether oxygens (including phenoxy) is 1. The topological polar surface area (TPSA) is 79.2 Å². The van der Waals surface area contributed by atoms with Crippen LogP contribution in [0.5, 0.6) is 0 Å². The summed E-state index contributed by atoms with van der Waals surface area (Å²) in [5.74, 6) is -1.01. The number of hydrogen-bond acceptors (Lipinski definition) is 4. The van der Waals surface area contributed by atoms with E-state index in [-0.39, 0.29) is 6.42 Å². The molecule has 18 heavy (non-hydrogen) atoms. The Labute approximate surface area is 105 Å². The van der Waals surface area contributed by atoms with Gasteiger partial charge in [-0.2, -0.15) is 5.26 Å². The average Bonchev–Trinajstić information content (AvgIpc) is 2.38. The van der Waals surface area contributed by atoms with Gasteiger partial charge in [0.2, 0.25) is 5.91 Å². The summed E-state index contributed by atoms with van der Waals surface area (Å²) in [5.41, 5.74) is 0.908. The van der Waals surface area contributed by atoms with Crippen molar-refractivity contribution in [2.24, 2.45) is 0 Å². The molecule has 0 heterocycles. The van der Waals surface area contributed by atoms with Crippen LogP contribution in [-0.4, -0.2) is 25.0 Å². The third-order valence-corrected chi connectivity index (χ3v) is 2.34. The Morgan fingerprint density at radius 2 is 2.06 bits per heavy atom. The lowest BCUT2D eigenvalue weighted by atomic mass is 10.1. The molecular weight excluding hydrogens is 232 g/mol. The Morgan fingerprint density at radius 3 is 2.61 bits per heavy atom. The number of carbonyl (C=O) groups excluding carboxylic acids is 2. The van der Waals surface area contributed by atoms with Crippen molar-refractivity contribution >= 4 is 11.9 Å². The van der Waals surface area contributed by atoms with Crippen LogP contribution in [0.15, 0.2) is 30.3 Å². The Kier molecular flexibility index (Phi) is 5.39. The fourth-order valence-electron chi connectivity index (χ4n) is 1.50. The molecule has 1 rings (SSSR count). The summed E-state index contributed by atoms with van der Waals surface area (Å²) in [6.07, 6.45) is 0.0625. The lowest BCUT2D eigenvalue weighted by Crippen LogP contribution is -2.42. The van der Waals surface area contributed by atoms with Crippen LogP contribution in [0, 0.1) is 11.3 Å². The third kappa shape index (κ3) is 4.26. The number of nitriles is 1. The van der Waals surface area contributed by atoms with Crippen molar-refractivity contribution in [2.45, 2.75) is 18.9 Å². The molecular formula is C13H14N2O3. The van der Waals surface area contributed by atoms with E-state index in [1.54, 1.807) is 6.07 Å². The van der Waals surface area contributed by atoms with Gasteiger partial charge >= 0.3 is 5.97 Å². The first-order valence-corrected chi connectivity index (χ1v) is 5.45. The molecule has 1 aromatic rings. The quantitative estimate of drug-likeness (QED) is 0.779. The Hall–Kier alpha value is -2.35. The molecule has 0 unspecified atom stereocenters. The Bertz CT molecular complexity index is 451. The minimum atomic E-state index is -0.766. The summed E-state index contributed by atoms with van der Waals surface area (Å²) in [4.78, 5) is 22.9. The number of hydrogen-bond donors (Lipinski definition) is 1. The molecule has 1 amide bonds. The molecule has 5 nitrogen and oxygen atoms in total.